The SMILES string of the molecule is CCC(=O)OCC(=O)C1(OC(=O)CC)[C@@H](C)C[C@H]2[C@@H]3CC=C4CC(=O)CC[C@]4(C)[C@@]3(F)[C@@H](O)C[C@@]21C. The molecule has 8 atom stereocenters. The Hall–Kier alpha value is -2.09. The number of rotatable bonds is 6. The van der Waals surface area contributed by atoms with Crippen LogP contribution >= 0.6 is 0 Å². The number of allylic oxidation sites excluding steroid dienone is 2. The van der Waals surface area contributed by atoms with Crippen molar-refractivity contribution in [1.82, 2.24) is 0 Å². The molecule has 0 heterocycles. The van der Waals surface area contributed by atoms with E-state index in [1.807, 2.05) is 26.8 Å². The molecule has 200 valence electrons. The second-order valence-corrected chi connectivity index (χ2v) is 11.8. The van der Waals surface area contributed by atoms with Crippen LogP contribution in [0.5, 0.6) is 0 Å². The zero-order valence-corrected chi connectivity index (χ0v) is 22.0. The molecule has 3 saturated carbocycles. The van der Waals surface area contributed by atoms with Crippen molar-refractivity contribution < 1.29 is 38.1 Å². The predicted octanol–water partition coefficient (Wildman–Crippen LogP) is 4.04. The molecule has 0 saturated heterocycles. The Balaban J connectivity index is 1.80. The van der Waals surface area contributed by atoms with Gasteiger partial charge < -0.3 is 14.6 Å². The van der Waals surface area contributed by atoms with Crippen molar-refractivity contribution >= 4 is 23.5 Å². The summed E-state index contributed by atoms with van der Waals surface area (Å²) in [5, 5.41) is 11.6. The zero-order chi connectivity index (χ0) is 26.7. The summed E-state index contributed by atoms with van der Waals surface area (Å²) in [6, 6.07) is 0. The minimum Gasteiger partial charge on any atom is -0.457 e. The fourth-order valence-corrected chi connectivity index (χ4v) is 8.28. The molecule has 0 aromatic heterocycles. The largest absolute Gasteiger partial charge is 0.457 e. The van der Waals surface area contributed by atoms with Gasteiger partial charge in [0.15, 0.2) is 12.2 Å². The van der Waals surface area contributed by atoms with E-state index in [4.69, 9.17) is 9.47 Å². The second kappa shape index (κ2) is 9.03. The van der Waals surface area contributed by atoms with Gasteiger partial charge in [0, 0.05) is 48.3 Å². The van der Waals surface area contributed by atoms with E-state index in [9.17, 15) is 24.3 Å². The minimum absolute atomic E-state index is 0.0501. The van der Waals surface area contributed by atoms with E-state index in [1.54, 1.807) is 13.8 Å². The summed E-state index contributed by atoms with van der Waals surface area (Å²) in [5.74, 6) is -2.96. The maximum absolute atomic E-state index is 17.4. The maximum Gasteiger partial charge on any atom is 0.306 e. The number of alkyl halides is 1. The van der Waals surface area contributed by atoms with Gasteiger partial charge in [-0.2, -0.15) is 0 Å². The summed E-state index contributed by atoms with van der Waals surface area (Å²) in [7, 11) is 0. The van der Waals surface area contributed by atoms with Gasteiger partial charge in [-0.15, -0.1) is 0 Å². The molecule has 4 aliphatic carbocycles. The number of hydrogen-bond acceptors (Lipinski definition) is 7. The summed E-state index contributed by atoms with van der Waals surface area (Å²) in [6.45, 7) is 8.18. The highest BCUT2D eigenvalue weighted by molar-refractivity contribution is 5.93. The Morgan fingerprint density at radius 1 is 1.14 bits per heavy atom. The summed E-state index contributed by atoms with van der Waals surface area (Å²) in [6.07, 6.45) is 2.22. The predicted molar refractivity (Wildman–Crippen MR) is 128 cm³/mol. The number of esters is 2. The van der Waals surface area contributed by atoms with Crippen LogP contribution in [0.2, 0.25) is 0 Å². The average Bonchev–Trinajstić information content (AvgIpc) is 3.05. The van der Waals surface area contributed by atoms with Crippen LogP contribution in [0.4, 0.5) is 4.39 Å². The number of ketones is 2. The first-order chi connectivity index (χ1) is 16.8. The lowest BCUT2D eigenvalue weighted by atomic mass is 9.44. The Morgan fingerprint density at radius 2 is 1.81 bits per heavy atom. The van der Waals surface area contributed by atoms with Crippen LogP contribution in [0.1, 0.15) is 86.0 Å². The third-order valence-electron chi connectivity index (χ3n) is 10.2. The van der Waals surface area contributed by atoms with E-state index >= 15 is 4.39 Å². The van der Waals surface area contributed by atoms with Gasteiger partial charge in [0.25, 0.3) is 0 Å². The van der Waals surface area contributed by atoms with Gasteiger partial charge in [0.1, 0.15) is 11.5 Å². The van der Waals surface area contributed by atoms with E-state index in [0.717, 1.165) is 5.57 Å². The Labute approximate surface area is 212 Å². The maximum atomic E-state index is 17.4. The number of carbonyl (C=O) groups is 4. The first-order valence-corrected chi connectivity index (χ1v) is 13.3. The summed E-state index contributed by atoms with van der Waals surface area (Å²) >= 11 is 0. The molecule has 7 nitrogen and oxygen atoms in total. The van der Waals surface area contributed by atoms with Crippen LogP contribution in [-0.4, -0.2) is 52.6 Å². The molecule has 0 amide bonds. The highest BCUT2D eigenvalue weighted by Crippen LogP contribution is 2.71. The number of ether oxygens (including phenoxy) is 2. The molecule has 0 bridgehead atoms. The molecule has 0 aliphatic heterocycles. The van der Waals surface area contributed by atoms with Crippen LogP contribution in [0, 0.1) is 28.6 Å². The Bertz CT molecular complexity index is 1010. The van der Waals surface area contributed by atoms with Crippen molar-refractivity contribution in [2.45, 2.75) is 103 Å². The van der Waals surface area contributed by atoms with Crippen molar-refractivity contribution in [1.29, 1.82) is 0 Å². The minimum atomic E-state index is -1.97. The molecular formula is C28H39FO7. The first-order valence-electron chi connectivity index (χ1n) is 13.3. The lowest BCUT2D eigenvalue weighted by Gasteiger charge is -2.63. The fraction of sp³-hybridized carbons (Fsp3) is 0.786. The van der Waals surface area contributed by atoms with Crippen LogP contribution in [0.15, 0.2) is 11.6 Å². The monoisotopic (exact) mass is 506 g/mol. The molecule has 8 heteroatoms. The molecule has 0 spiro atoms. The van der Waals surface area contributed by atoms with E-state index in [2.05, 4.69) is 0 Å². The number of hydrogen-bond donors (Lipinski definition) is 1. The van der Waals surface area contributed by atoms with Crippen molar-refractivity contribution in [2.75, 3.05) is 6.61 Å². The molecule has 4 aliphatic rings. The first kappa shape index (κ1) is 27.0. The molecule has 36 heavy (non-hydrogen) atoms. The van der Waals surface area contributed by atoms with Gasteiger partial charge in [0.05, 0.1) is 6.10 Å². The average molecular weight is 507 g/mol. The number of carbonyl (C=O) groups excluding carboxylic acids is 4. The Kier molecular flexibility index (Phi) is 6.76. The van der Waals surface area contributed by atoms with Crippen LogP contribution < -0.4 is 0 Å². The zero-order valence-electron chi connectivity index (χ0n) is 22.0. The van der Waals surface area contributed by atoms with Gasteiger partial charge in [-0.3, -0.25) is 19.2 Å². The van der Waals surface area contributed by atoms with Crippen molar-refractivity contribution in [3.8, 4) is 0 Å². The molecule has 1 unspecified atom stereocenters. The van der Waals surface area contributed by atoms with Gasteiger partial charge >= 0.3 is 11.9 Å². The van der Waals surface area contributed by atoms with Crippen LogP contribution in [-0.2, 0) is 28.7 Å². The lowest BCUT2D eigenvalue weighted by molar-refractivity contribution is -0.231. The third kappa shape index (κ3) is 3.46. The van der Waals surface area contributed by atoms with Crippen molar-refractivity contribution in [2.24, 2.45) is 28.6 Å². The fourth-order valence-electron chi connectivity index (χ4n) is 8.28. The molecule has 0 radical (unpaired) electrons. The highest BCUT2D eigenvalue weighted by atomic mass is 19.1. The third-order valence-corrected chi connectivity index (χ3v) is 10.2. The second-order valence-electron chi connectivity index (χ2n) is 11.8. The van der Waals surface area contributed by atoms with Gasteiger partial charge in [0.2, 0.25) is 5.78 Å². The molecule has 0 aromatic rings. The number of halogens is 1. The number of aliphatic hydroxyl groups excluding tert-OH is 1. The van der Waals surface area contributed by atoms with E-state index in [0.29, 0.717) is 19.3 Å². The van der Waals surface area contributed by atoms with Gasteiger partial charge in [-0.1, -0.05) is 46.3 Å². The molecule has 0 aromatic carbocycles. The van der Waals surface area contributed by atoms with E-state index in [-0.39, 0.29) is 43.8 Å². The molecule has 4 rings (SSSR count). The lowest BCUT2D eigenvalue weighted by Crippen LogP contribution is -2.70. The number of aliphatic hydroxyl groups is 1. The van der Waals surface area contributed by atoms with E-state index < -0.39 is 64.4 Å². The normalized spacial score (nSPS) is 43.5. The van der Waals surface area contributed by atoms with Crippen molar-refractivity contribution in [3.05, 3.63) is 11.6 Å². The summed E-state index contributed by atoms with van der Waals surface area (Å²) in [5.41, 5.74) is -4.88. The quantitative estimate of drug-likeness (QED) is 0.428. The van der Waals surface area contributed by atoms with Gasteiger partial charge in [-0.25, -0.2) is 4.39 Å². The number of Topliss-reactive ketones (excluding diaryl/α,β-unsaturated/α-hetero) is 2. The number of fused-ring (bicyclic) bond motifs is 5. The molecule has 1 N–H and O–H groups in total. The standard InChI is InChI=1S/C28H39FO7/c1-6-23(33)35-15-22(32)28(36-24(34)7-2)16(3)12-20-19-9-8-17-13-18(30)10-11-25(17,4)27(19,29)21(31)14-26(20,28)5/h8,16,19-21,31H,6-7,9-15H2,1-5H3/t16-,19-,20-,21-,25-,26-,27-,28?/m0/s1. The van der Waals surface area contributed by atoms with E-state index in [1.165, 1.54) is 0 Å². The summed E-state index contributed by atoms with van der Waals surface area (Å²) < 4.78 is 28.6. The Morgan fingerprint density at radius 3 is 2.44 bits per heavy atom. The smallest absolute Gasteiger partial charge is 0.306 e. The van der Waals surface area contributed by atoms with Crippen LogP contribution in [0.25, 0.3) is 0 Å². The topological polar surface area (TPSA) is 107 Å². The highest BCUT2D eigenvalue weighted by Gasteiger charge is 2.77. The molecular weight excluding hydrogens is 467 g/mol. The molecule has 3 fully saturated rings. The van der Waals surface area contributed by atoms with Crippen LogP contribution in [0.3, 0.4) is 0 Å². The summed E-state index contributed by atoms with van der Waals surface area (Å²) in [4.78, 5) is 50.5. The van der Waals surface area contributed by atoms with Crippen molar-refractivity contribution in [3.63, 3.8) is 0 Å². The van der Waals surface area contributed by atoms with Gasteiger partial charge in [-0.05, 0) is 31.6 Å².